The number of ether oxygens (including phenoxy) is 1. The number of amides is 2. The minimum Gasteiger partial charge on any atom is -0.486 e. The zero-order valence-corrected chi connectivity index (χ0v) is 23.0. The van der Waals surface area contributed by atoms with Crippen molar-refractivity contribution in [3.63, 3.8) is 0 Å². The van der Waals surface area contributed by atoms with Gasteiger partial charge in [-0.3, -0.25) is 14.6 Å². The number of aliphatic hydroxyl groups excluding tert-OH is 1. The average molecular weight is 557 g/mol. The van der Waals surface area contributed by atoms with Gasteiger partial charge in [-0.15, -0.1) is 0 Å². The number of fused-ring (bicyclic) bond motifs is 1. The van der Waals surface area contributed by atoms with Crippen LogP contribution < -0.4 is 10.1 Å². The van der Waals surface area contributed by atoms with Gasteiger partial charge in [-0.25, -0.2) is 13.4 Å². The Morgan fingerprint density at radius 3 is 2.64 bits per heavy atom. The molecule has 2 amide bonds. The summed E-state index contributed by atoms with van der Waals surface area (Å²) in [4.78, 5) is 36.0. The first-order valence-corrected chi connectivity index (χ1v) is 13.8. The maximum Gasteiger partial charge on any atom is 0.261 e. The molecule has 0 saturated heterocycles. The predicted molar refractivity (Wildman–Crippen MR) is 143 cm³/mol. The van der Waals surface area contributed by atoms with Gasteiger partial charge in [0.1, 0.15) is 6.10 Å². The zero-order valence-electron chi connectivity index (χ0n) is 22.2. The van der Waals surface area contributed by atoms with E-state index in [0.29, 0.717) is 5.56 Å². The molecule has 1 aliphatic heterocycles. The number of aryl methyl sites for hydroxylation is 1. The number of benzene rings is 1. The number of likely N-dealkylation sites (N-methyl/N-ethyl adjacent to an activating group) is 1. The first kappa shape index (κ1) is 28.2. The van der Waals surface area contributed by atoms with Gasteiger partial charge in [0.25, 0.3) is 21.8 Å². The van der Waals surface area contributed by atoms with Gasteiger partial charge in [0.05, 0.1) is 36.8 Å². The number of sulfonamides is 1. The number of imidazole rings is 1. The van der Waals surface area contributed by atoms with Gasteiger partial charge in [-0.1, -0.05) is 13.0 Å². The minimum atomic E-state index is -3.92. The van der Waals surface area contributed by atoms with Crippen molar-refractivity contribution in [2.75, 3.05) is 32.1 Å². The Labute approximate surface area is 227 Å². The fourth-order valence-electron chi connectivity index (χ4n) is 4.29. The summed E-state index contributed by atoms with van der Waals surface area (Å²) in [7, 11) is -0.805. The highest BCUT2D eigenvalue weighted by Gasteiger charge is 2.36. The van der Waals surface area contributed by atoms with Gasteiger partial charge in [0.15, 0.2) is 10.8 Å². The van der Waals surface area contributed by atoms with Crippen LogP contribution in [-0.4, -0.2) is 88.0 Å². The molecule has 0 radical (unpaired) electrons. The van der Waals surface area contributed by atoms with Crippen LogP contribution in [0.3, 0.4) is 0 Å². The molecule has 4 rings (SSSR count). The van der Waals surface area contributed by atoms with Crippen molar-refractivity contribution in [1.29, 1.82) is 0 Å². The third-order valence-electron chi connectivity index (χ3n) is 6.67. The number of carbonyl (C=O) groups is 2. The quantitative estimate of drug-likeness (QED) is 0.425. The fourth-order valence-corrected chi connectivity index (χ4v) is 5.43. The molecule has 13 heteroatoms. The van der Waals surface area contributed by atoms with E-state index in [2.05, 4.69) is 15.3 Å². The summed E-state index contributed by atoms with van der Waals surface area (Å²) in [5, 5.41) is 12.6. The van der Waals surface area contributed by atoms with Crippen LogP contribution in [0.4, 0.5) is 5.69 Å². The van der Waals surface area contributed by atoms with Crippen LogP contribution in [0.15, 0.2) is 60.3 Å². The smallest absolute Gasteiger partial charge is 0.261 e. The van der Waals surface area contributed by atoms with E-state index in [1.165, 1.54) is 32.0 Å². The lowest BCUT2D eigenvalue weighted by molar-refractivity contribution is 0.0388. The largest absolute Gasteiger partial charge is 0.486 e. The van der Waals surface area contributed by atoms with Crippen molar-refractivity contribution >= 4 is 27.5 Å². The van der Waals surface area contributed by atoms with Crippen molar-refractivity contribution in [2.24, 2.45) is 13.0 Å². The highest BCUT2D eigenvalue weighted by atomic mass is 32.2. The summed E-state index contributed by atoms with van der Waals surface area (Å²) in [5.41, 5.74) is 0.810. The number of carbonyl (C=O) groups excluding carboxylic acids is 2. The monoisotopic (exact) mass is 556 g/mol. The van der Waals surface area contributed by atoms with Crippen molar-refractivity contribution in [1.82, 2.24) is 23.7 Å². The summed E-state index contributed by atoms with van der Waals surface area (Å²) in [6.07, 6.45) is 5.10. The summed E-state index contributed by atoms with van der Waals surface area (Å²) >= 11 is 0. The summed E-state index contributed by atoms with van der Waals surface area (Å²) in [6.45, 7) is 3.48. The molecule has 0 aliphatic carbocycles. The molecule has 1 aromatic carbocycles. The number of rotatable bonds is 8. The predicted octanol–water partition coefficient (Wildman–Crippen LogP) is 1.61. The van der Waals surface area contributed by atoms with Crippen LogP contribution in [-0.2, 0) is 17.1 Å². The zero-order chi connectivity index (χ0) is 28.3. The van der Waals surface area contributed by atoms with E-state index >= 15 is 0 Å². The van der Waals surface area contributed by atoms with Crippen molar-refractivity contribution in [2.45, 2.75) is 31.0 Å². The lowest BCUT2D eigenvalue weighted by atomic mass is 9.99. The molecule has 3 heterocycles. The number of nitrogens with one attached hydrogen (secondary N) is 1. The van der Waals surface area contributed by atoms with Crippen molar-refractivity contribution < 1.29 is 27.9 Å². The SMILES string of the molecule is C[C@@H]1CN([C@H](C)CO)C(=O)c2cccc(NC(=O)c3ccncc3)c2O[C@H]1CN(C)S(=O)(=O)c1cn(C)cn1. The number of aromatic nitrogens is 3. The number of hydrogen-bond donors (Lipinski definition) is 2. The summed E-state index contributed by atoms with van der Waals surface area (Å²) in [6, 6.07) is 7.43. The molecule has 0 spiro atoms. The molecule has 1 aliphatic rings. The molecular formula is C26H32N6O6S. The topological polar surface area (TPSA) is 147 Å². The Hall–Kier alpha value is -3.81. The van der Waals surface area contributed by atoms with Crippen molar-refractivity contribution in [3.8, 4) is 5.75 Å². The van der Waals surface area contributed by atoms with Gasteiger partial charge in [0, 0.05) is 50.7 Å². The van der Waals surface area contributed by atoms with Gasteiger partial charge >= 0.3 is 0 Å². The van der Waals surface area contributed by atoms with E-state index in [-0.39, 0.29) is 53.5 Å². The van der Waals surface area contributed by atoms with E-state index in [1.54, 1.807) is 53.8 Å². The standard InChI is InChI=1S/C26H32N6O6S/c1-17-12-32(18(2)15-33)26(35)20-6-5-7-21(29-25(34)19-8-10-27-11-9-19)24(20)38-22(17)13-31(4)39(36,37)23-14-30(3)16-28-23/h5-11,14,16-18,22,33H,12-13,15H2,1-4H3,(H,29,34)/t17-,18-,22+/m1/s1. The summed E-state index contributed by atoms with van der Waals surface area (Å²) in [5.74, 6) is -1.02. The fraction of sp³-hybridized carbons (Fsp3) is 0.385. The maximum atomic E-state index is 13.6. The van der Waals surface area contributed by atoms with Gasteiger partial charge in [0.2, 0.25) is 0 Å². The Bertz CT molecular complexity index is 1440. The molecule has 0 saturated carbocycles. The van der Waals surface area contributed by atoms with Crippen LogP contribution in [0.25, 0.3) is 0 Å². The van der Waals surface area contributed by atoms with Gasteiger partial charge in [-0.05, 0) is 31.2 Å². The second-order valence-electron chi connectivity index (χ2n) is 9.66. The van der Waals surface area contributed by atoms with Crippen LogP contribution in [0.1, 0.15) is 34.6 Å². The third-order valence-corrected chi connectivity index (χ3v) is 8.38. The van der Waals surface area contributed by atoms with Crippen LogP contribution in [0, 0.1) is 5.92 Å². The van der Waals surface area contributed by atoms with Gasteiger partial charge < -0.3 is 24.6 Å². The van der Waals surface area contributed by atoms with Crippen LogP contribution >= 0.6 is 0 Å². The minimum absolute atomic E-state index is 0.0539. The highest BCUT2D eigenvalue weighted by molar-refractivity contribution is 7.89. The highest BCUT2D eigenvalue weighted by Crippen LogP contribution is 2.35. The van der Waals surface area contributed by atoms with E-state index in [1.807, 2.05) is 6.92 Å². The van der Waals surface area contributed by atoms with Crippen LogP contribution in [0.5, 0.6) is 5.75 Å². The lowest BCUT2D eigenvalue weighted by Crippen LogP contribution is -2.50. The average Bonchev–Trinajstić information content (AvgIpc) is 3.38. The molecule has 2 aromatic heterocycles. The molecule has 39 heavy (non-hydrogen) atoms. The van der Waals surface area contributed by atoms with E-state index in [9.17, 15) is 23.1 Å². The normalized spacial score (nSPS) is 18.6. The molecule has 3 aromatic rings. The van der Waals surface area contributed by atoms with Crippen molar-refractivity contribution in [3.05, 3.63) is 66.4 Å². The first-order valence-electron chi connectivity index (χ1n) is 12.4. The molecular weight excluding hydrogens is 524 g/mol. The molecule has 0 unspecified atom stereocenters. The molecule has 0 bridgehead atoms. The number of nitrogens with zero attached hydrogens (tertiary/aromatic N) is 5. The molecule has 2 N–H and O–H groups in total. The lowest BCUT2D eigenvalue weighted by Gasteiger charge is -2.38. The second kappa shape index (κ2) is 11.5. The first-order chi connectivity index (χ1) is 18.5. The number of para-hydroxylation sites is 1. The van der Waals surface area contributed by atoms with E-state index in [0.717, 1.165) is 4.31 Å². The Kier molecular flexibility index (Phi) is 8.33. The number of anilines is 1. The maximum absolute atomic E-state index is 13.6. The van der Waals surface area contributed by atoms with E-state index < -0.39 is 28.1 Å². The van der Waals surface area contributed by atoms with Gasteiger partial charge in [-0.2, -0.15) is 4.31 Å². The molecule has 208 valence electrons. The third kappa shape index (κ3) is 5.95. The number of hydrogen-bond acceptors (Lipinski definition) is 8. The van der Waals surface area contributed by atoms with Crippen LogP contribution in [0.2, 0.25) is 0 Å². The molecule has 12 nitrogen and oxygen atoms in total. The molecule has 3 atom stereocenters. The molecule has 0 fully saturated rings. The van der Waals surface area contributed by atoms with E-state index in [4.69, 9.17) is 4.74 Å². The second-order valence-corrected chi connectivity index (χ2v) is 11.6. The Morgan fingerprint density at radius 1 is 1.28 bits per heavy atom. The Morgan fingerprint density at radius 2 is 2.00 bits per heavy atom. The Balaban J connectivity index is 1.73. The number of aliphatic hydroxyl groups is 1. The summed E-state index contributed by atoms with van der Waals surface area (Å²) < 4.78 is 35.5. The number of pyridine rings is 1.